The molecule has 0 aliphatic carbocycles. The Labute approximate surface area is 120 Å². The molecule has 0 saturated heterocycles. The fourth-order valence-corrected chi connectivity index (χ4v) is 2.22. The molecule has 0 saturated carbocycles. The second kappa shape index (κ2) is 6.95. The normalized spacial score (nSPS) is 10.8. The van der Waals surface area contributed by atoms with E-state index in [2.05, 4.69) is 33.2 Å². The lowest BCUT2D eigenvalue weighted by molar-refractivity contribution is 0.319. The van der Waals surface area contributed by atoms with Crippen LogP contribution in [0.4, 0.5) is 0 Å². The summed E-state index contributed by atoms with van der Waals surface area (Å²) >= 11 is 3.44. The summed E-state index contributed by atoms with van der Waals surface area (Å²) in [5, 5.41) is 11.5. The van der Waals surface area contributed by atoms with Crippen LogP contribution < -0.4 is 4.74 Å². The molecule has 0 bridgehead atoms. The molecule has 0 aromatic heterocycles. The van der Waals surface area contributed by atoms with Gasteiger partial charge in [-0.3, -0.25) is 0 Å². The molecule has 0 atom stereocenters. The van der Waals surface area contributed by atoms with Crippen molar-refractivity contribution in [3.8, 4) is 5.75 Å². The number of nitrogens with zero attached hydrogens (tertiary/aromatic N) is 1. The standard InChI is InChI=1S/C15H14BrNO2/c16-14-10-13(11-17-18)6-7-15(14)19-9-8-12-4-2-1-3-5-12/h1-7,10-11,18H,8-9H2. The molecule has 4 heteroatoms. The van der Waals surface area contributed by atoms with Crippen molar-refractivity contribution in [2.24, 2.45) is 5.16 Å². The summed E-state index contributed by atoms with van der Waals surface area (Å²) in [7, 11) is 0. The fourth-order valence-electron chi connectivity index (χ4n) is 1.70. The van der Waals surface area contributed by atoms with Gasteiger partial charge in [0.25, 0.3) is 0 Å². The number of benzene rings is 2. The minimum Gasteiger partial charge on any atom is -0.492 e. The van der Waals surface area contributed by atoms with E-state index in [9.17, 15) is 0 Å². The molecule has 2 aromatic rings. The maximum Gasteiger partial charge on any atom is 0.133 e. The first kappa shape index (κ1) is 13.6. The molecule has 0 radical (unpaired) electrons. The Bertz CT molecular complexity index is 555. The van der Waals surface area contributed by atoms with Gasteiger partial charge in [-0.2, -0.15) is 0 Å². The minimum atomic E-state index is 0.621. The first-order valence-corrected chi connectivity index (χ1v) is 6.72. The highest BCUT2D eigenvalue weighted by atomic mass is 79.9. The molecule has 2 aromatic carbocycles. The molecule has 3 nitrogen and oxygen atoms in total. The molecule has 19 heavy (non-hydrogen) atoms. The molecule has 98 valence electrons. The predicted molar refractivity (Wildman–Crippen MR) is 79.2 cm³/mol. The number of ether oxygens (including phenoxy) is 1. The molecule has 0 spiro atoms. The van der Waals surface area contributed by atoms with Crippen LogP contribution in [0.25, 0.3) is 0 Å². The summed E-state index contributed by atoms with van der Waals surface area (Å²) in [6.07, 6.45) is 2.24. The van der Waals surface area contributed by atoms with Crippen LogP contribution in [-0.2, 0) is 6.42 Å². The van der Waals surface area contributed by atoms with Gasteiger partial charge in [0.2, 0.25) is 0 Å². The van der Waals surface area contributed by atoms with Gasteiger partial charge in [-0.1, -0.05) is 35.5 Å². The highest BCUT2D eigenvalue weighted by molar-refractivity contribution is 9.10. The van der Waals surface area contributed by atoms with Gasteiger partial charge in [0.15, 0.2) is 0 Å². The Balaban J connectivity index is 1.93. The van der Waals surface area contributed by atoms with Crippen molar-refractivity contribution in [2.75, 3.05) is 6.61 Å². The topological polar surface area (TPSA) is 41.8 Å². The highest BCUT2D eigenvalue weighted by Crippen LogP contribution is 2.25. The maximum absolute atomic E-state index is 8.47. The number of hydrogen-bond donors (Lipinski definition) is 1. The molecule has 2 rings (SSSR count). The molecular formula is C15H14BrNO2. The van der Waals surface area contributed by atoms with Crippen molar-refractivity contribution < 1.29 is 9.94 Å². The molecule has 0 aliphatic heterocycles. The van der Waals surface area contributed by atoms with Crippen LogP contribution in [0.2, 0.25) is 0 Å². The van der Waals surface area contributed by atoms with Crippen molar-refractivity contribution in [2.45, 2.75) is 6.42 Å². The van der Waals surface area contributed by atoms with Gasteiger partial charge in [0, 0.05) is 6.42 Å². The van der Waals surface area contributed by atoms with Crippen LogP contribution in [0.5, 0.6) is 5.75 Å². The predicted octanol–water partition coefficient (Wildman–Crippen LogP) is 3.88. The monoisotopic (exact) mass is 319 g/mol. The van der Waals surface area contributed by atoms with E-state index >= 15 is 0 Å². The first-order valence-electron chi connectivity index (χ1n) is 5.93. The van der Waals surface area contributed by atoms with Crippen LogP contribution in [-0.4, -0.2) is 18.0 Å². The minimum absolute atomic E-state index is 0.621. The largest absolute Gasteiger partial charge is 0.492 e. The molecule has 1 N–H and O–H groups in total. The fraction of sp³-hybridized carbons (Fsp3) is 0.133. The summed E-state index contributed by atoms with van der Waals surface area (Å²) in [4.78, 5) is 0. The lowest BCUT2D eigenvalue weighted by Gasteiger charge is -2.08. The average Bonchev–Trinajstić information content (AvgIpc) is 2.43. The van der Waals surface area contributed by atoms with Crippen molar-refractivity contribution >= 4 is 22.1 Å². The molecule has 0 aliphatic rings. The van der Waals surface area contributed by atoms with E-state index in [1.54, 1.807) is 0 Å². The quantitative estimate of drug-likeness (QED) is 0.516. The van der Waals surface area contributed by atoms with Crippen LogP contribution in [0.3, 0.4) is 0 Å². The van der Waals surface area contributed by atoms with E-state index in [0.717, 1.165) is 22.2 Å². The van der Waals surface area contributed by atoms with Gasteiger partial charge >= 0.3 is 0 Å². The van der Waals surface area contributed by atoms with E-state index in [0.29, 0.717) is 6.61 Å². The van der Waals surface area contributed by atoms with E-state index < -0.39 is 0 Å². The third kappa shape index (κ3) is 4.10. The van der Waals surface area contributed by atoms with E-state index in [1.807, 2.05) is 36.4 Å². The average molecular weight is 320 g/mol. The Morgan fingerprint density at radius 1 is 1.16 bits per heavy atom. The number of rotatable bonds is 5. The first-order chi connectivity index (χ1) is 9.29. The summed E-state index contributed by atoms with van der Waals surface area (Å²) in [6, 6.07) is 15.7. The van der Waals surface area contributed by atoms with Crippen LogP contribution in [0, 0.1) is 0 Å². The Morgan fingerprint density at radius 2 is 1.95 bits per heavy atom. The second-order valence-corrected chi connectivity index (χ2v) is 4.87. The molecule has 0 amide bonds. The lowest BCUT2D eigenvalue weighted by Crippen LogP contribution is -2.01. The van der Waals surface area contributed by atoms with E-state index in [4.69, 9.17) is 9.94 Å². The van der Waals surface area contributed by atoms with Gasteiger partial charge in [-0.05, 0) is 45.3 Å². The van der Waals surface area contributed by atoms with Crippen LogP contribution >= 0.6 is 15.9 Å². The van der Waals surface area contributed by atoms with Crippen molar-refractivity contribution in [1.29, 1.82) is 0 Å². The van der Waals surface area contributed by atoms with Gasteiger partial charge in [0.1, 0.15) is 5.75 Å². The van der Waals surface area contributed by atoms with Gasteiger partial charge < -0.3 is 9.94 Å². The molecule has 0 heterocycles. The zero-order chi connectivity index (χ0) is 13.5. The molecular weight excluding hydrogens is 306 g/mol. The lowest BCUT2D eigenvalue weighted by atomic mass is 10.2. The van der Waals surface area contributed by atoms with Crippen molar-refractivity contribution in [1.82, 2.24) is 0 Å². The molecule has 0 fully saturated rings. The maximum atomic E-state index is 8.47. The summed E-state index contributed by atoms with van der Waals surface area (Å²) in [6.45, 7) is 0.621. The van der Waals surface area contributed by atoms with Gasteiger partial charge in [-0.15, -0.1) is 0 Å². The highest BCUT2D eigenvalue weighted by Gasteiger charge is 2.02. The summed E-state index contributed by atoms with van der Waals surface area (Å²) in [5.41, 5.74) is 2.06. The number of hydrogen-bond acceptors (Lipinski definition) is 3. The van der Waals surface area contributed by atoms with Crippen LogP contribution in [0.1, 0.15) is 11.1 Å². The summed E-state index contributed by atoms with van der Waals surface area (Å²) in [5.74, 6) is 0.783. The zero-order valence-corrected chi connectivity index (χ0v) is 11.9. The van der Waals surface area contributed by atoms with E-state index in [1.165, 1.54) is 11.8 Å². The number of oxime groups is 1. The van der Waals surface area contributed by atoms with Crippen molar-refractivity contribution in [3.63, 3.8) is 0 Å². The van der Waals surface area contributed by atoms with E-state index in [-0.39, 0.29) is 0 Å². The molecule has 0 unspecified atom stereocenters. The third-order valence-electron chi connectivity index (χ3n) is 2.65. The Morgan fingerprint density at radius 3 is 2.63 bits per heavy atom. The zero-order valence-electron chi connectivity index (χ0n) is 10.3. The smallest absolute Gasteiger partial charge is 0.133 e. The second-order valence-electron chi connectivity index (χ2n) is 4.02. The number of halogens is 1. The van der Waals surface area contributed by atoms with Crippen LogP contribution in [0.15, 0.2) is 58.2 Å². The summed E-state index contributed by atoms with van der Waals surface area (Å²) < 4.78 is 6.57. The van der Waals surface area contributed by atoms with Gasteiger partial charge in [-0.25, -0.2) is 0 Å². The Kier molecular flexibility index (Phi) is 4.98. The van der Waals surface area contributed by atoms with Crippen molar-refractivity contribution in [3.05, 3.63) is 64.1 Å². The SMILES string of the molecule is ON=Cc1ccc(OCCc2ccccc2)c(Br)c1. The third-order valence-corrected chi connectivity index (χ3v) is 3.27. The Hall–Kier alpha value is -1.81. The van der Waals surface area contributed by atoms with Gasteiger partial charge in [0.05, 0.1) is 17.3 Å².